The fraction of sp³-hybridized carbons (Fsp3) is 0.476. The molecule has 0 atom stereocenters. The number of rotatable bonds is 3. The lowest BCUT2D eigenvalue weighted by molar-refractivity contribution is -0.617. The van der Waals surface area contributed by atoms with Crippen LogP contribution in [0.1, 0.15) is 5.56 Å². The maximum absolute atomic E-state index is 13.5. The number of nitrogens with zero attached hydrogens (tertiary/aromatic N) is 3. The molecule has 6 saturated carbocycles. The summed E-state index contributed by atoms with van der Waals surface area (Å²) in [7, 11) is 0. The zero-order valence-electron chi connectivity index (χ0n) is 14.8. The lowest BCUT2D eigenvalue weighted by atomic mass is 8.96. The summed E-state index contributed by atoms with van der Waals surface area (Å²) in [6.07, 6.45) is 1.51. The average molecular weight is 358 g/mol. The number of hydrogen-bond donors (Lipinski definition) is 1. The van der Waals surface area contributed by atoms with Crippen LogP contribution in [0.25, 0.3) is 16.9 Å². The van der Waals surface area contributed by atoms with Gasteiger partial charge in [-0.25, -0.2) is 14.3 Å². The molecule has 1 aromatic carbocycles. The van der Waals surface area contributed by atoms with Gasteiger partial charge in [-0.05, 0) is 65.4 Å². The molecule has 27 heavy (non-hydrogen) atoms. The van der Waals surface area contributed by atoms with Gasteiger partial charge in [0.15, 0.2) is 5.65 Å². The fourth-order valence-corrected chi connectivity index (χ4v) is 8.48. The molecular weight excluding hydrogens is 340 g/mol. The molecule has 6 aliphatic carbocycles. The van der Waals surface area contributed by atoms with Crippen LogP contribution in [0.2, 0.25) is 0 Å². The molecule has 3 aromatic rings. The first-order chi connectivity index (χ1) is 13.2. The molecule has 134 valence electrons. The zero-order chi connectivity index (χ0) is 17.8. The second kappa shape index (κ2) is 3.68. The Balaban J connectivity index is 1.36. The van der Waals surface area contributed by atoms with Crippen molar-refractivity contribution in [2.24, 2.45) is 46.8 Å². The third kappa shape index (κ3) is 1.04. The molecule has 2 heterocycles. The van der Waals surface area contributed by atoms with Gasteiger partial charge >= 0.3 is 5.69 Å². The summed E-state index contributed by atoms with van der Waals surface area (Å²) < 4.78 is 3.12. The van der Waals surface area contributed by atoms with E-state index in [1.165, 1.54) is 10.9 Å². The van der Waals surface area contributed by atoms with Crippen molar-refractivity contribution in [2.45, 2.75) is 13.5 Å². The first-order valence-corrected chi connectivity index (χ1v) is 9.91. The van der Waals surface area contributed by atoms with Crippen molar-refractivity contribution in [2.75, 3.05) is 0 Å². The van der Waals surface area contributed by atoms with Gasteiger partial charge in [-0.15, -0.1) is 0 Å². The van der Waals surface area contributed by atoms with E-state index in [0.717, 1.165) is 52.7 Å². The Bertz CT molecular complexity index is 1280. The van der Waals surface area contributed by atoms with E-state index in [9.17, 15) is 9.59 Å². The van der Waals surface area contributed by atoms with Crippen LogP contribution in [0.4, 0.5) is 0 Å². The fourth-order valence-electron chi connectivity index (χ4n) is 8.48. The van der Waals surface area contributed by atoms with Crippen LogP contribution in [0, 0.1) is 53.8 Å². The molecule has 6 fully saturated rings. The van der Waals surface area contributed by atoms with E-state index in [1.54, 1.807) is 4.57 Å². The van der Waals surface area contributed by atoms with Crippen molar-refractivity contribution >= 4 is 11.2 Å². The Morgan fingerprint density at radius 3 is 2.48 bits per heavy atom. The van der Waals surface area contributed by atoms with Crippen LogP contribution in [0.15, 0.2) is 40.2 Å². The van der Waals surface area contributed by atoms with Gasteiger partial charge in [0.1, 0.15) is 5.52 Å². The van der Waals surface area contributed by atoms with Crippen molar-refractivity contribution in [3.63, 3.8) is 0 Å². The molecule has 0 aliphatic heterocycles. The standard InChI is InChI=1S/C21H18N4O2/c1-8-4-2-3-5-9(8)25-18-17(22-7-23-18)19(26)24(20(25)27)6-21-14-11-10-12(14)16(21)13(10)15(11)21/h2-5,7,10-16H,6H2,1H3,(H,22,23). The van der Waals surface area contributed by atoms with E-state index in [2.05, 4.69) is 9.97 Å². The first-order valence-electron chi connectivity index (χ1n) is 9.91. The van der Waals surface area contributed by atoms with Gasteiger partial charge in [0, 0.05) is 6.54 Å². The second-order valence-corrected chi connectivity index (χ2v) is 9.40. The zero-order valence-corrected chi connectivity index (χ0v) is 14.8. The molecule has 0 saturated heterocycles. The third-order valence-electron chi connectivity index (χ3n) is 9.18. The Hall–Kier alpha value is -2.63. The molecule has 0 spiro atoms. The van der Waals surface area contributed by atoms with Crippen LogP contribution < -0.4 is 11.2 Å². The number of fused-ring (bicyclic) bond motifs is 1. The number of hydrogen-bond acceptors (Lipinski definition) is 3. The minimum atomic E-state index is -0.248. The predicted molar refractivity (Wildman–Crippen MR) is 97.6 cm³/mol. The topological polar surface area (TPSA) is 72.7 Å². The SMILES string of the molecule is Cc1ccccc1-n1c(=O)n(CC23C4C5C6C4C2C6C53)c(=O)c2[nH]cnc21. The molecule has 1 N–H and O–H groups in total. The molecule has 0 bridgehead atoms. The van der Waals surface area contributed by atoms with Gasteiger partial charge in [0.05, 0.1) is 12.0 Å². The lowest BCUT2D eigenvalue weighted by Gasteiger charge is -3.07. The Morgan fingerprint density at radius 2 is 1.78 bits per heavy atom. The molecule has 9 rings (SSSR count). The second-order valence-electron chi connectivity index (χ2n) is 9.40. The molecule has 6 heteroatoms. The van der Waals surface area contributed by atoms with E-state index < -0.39 is 0 Å². The number of benzene rings is 1. The highest BCUT2D eigenvalue weighted by Gasteiger charge is 3.03. The largest absolute Gasteiger partial charge is 0.339 e. The van der Waals surface area contributed by atoms with Crippen LogP contribution >= 0.6 is 0 Å². The van der Waals surface area contributed by atoms with Crippen molar-refractivity contribution in [3.8, 4) is 5.69 Å². The Kier molecular flexibility index (Phi) is 1.84. The number of imidazole rings is 1. The maximum Gasteiger partial charge on any atom is 0.337 e. The van der Waals surface area contributed by atoms with Crippen molar-refractivity contribution in [1.29, 1.82) is 0 Å². The number of para-hydroxylation sites is 1. The number of aromatic nitrogens is 4. The quantitative estimate of drug-likeness (QED) is 0.772. The van der Waals surface area contributed by atoms with Gasteiger partial charge in [-0.2, -0.15) is 0 Å². The summed E-state index contributed by atoms with van der Waals surface area (Å²) >= 11 is 0. The third-order valence-corrected chi connectivity index (χ3v) is 9.18. The molecule has 0 radical (unpaired) electrons. The van der Waals surface area contributed by atoms with Crippen LogP contribution in [0.5, 0.6) is 0 Å². The average Bonchev–Trinajstić information content (AvgIpc) is 3.17. The van der Waals surface area contributed by atoms with E-state index >= 15 is 0 Å². The summed E-state index contributed by atoms with van der Waals surface area (Å²) in [5.41, 5.74) is 2.44. The van der Waals surface area contributed by atoms with E-state index in [-0.39, 0.29) is 16.7 Å². The first kappa shape index (κ1) is 13.5. The highest BCUT2D eigenvalue weighted by atomic mass is 16.2. The van der Waals surface area contributed by atoms with Crippen molar-refractivity contribution < 1.29 is 0 Å². The van der Waals surface area contributed by atoms with Gasteiger partial charge in [0.2, 0.25) is 0 Å². The van der Waals surface area contributed by atoms with E-state index in [1.807, 2.05) is 31.2 Å². The summed E-state index contributed by atoms with van der Waals surface area (Å²) in [6, 6.07) is 7.77. The number of H-pyrrole nitrogens is 1. The number of aryl methyl sites for hydroxylation is 1. The van der Waals surface area contributed by atoms with Crippen molar-refractivity contribution in [3.05, 3.63) is 57.0 Å². The monoisotopic (exact) mass is 358 g/mol. The summed E-state index contributed by atoms with van der Waals surface area (Å²) in [5, 5.41) is 0. The molecule has 6 nitrogen and oxygen atoms in total. The summed E-state index contributed by atoms with van der Waals surface area (Å²) in [4.78, 5) is 33.9. The van der Waals surface area contributed by atoms with Crippen LogP contribution in [-0.4, -0.2) is 19.1 Å². The van der Waals surface area contributed by atoms with Crippen molar-refractivity contribution in [1.82, 2.24) is 19.1 Å². The van der Waals surface area contributed by atoms with E-state index in [0.29, 0.717) is 17.7 Å². The molecule has 2 aromatic heterocycles. The minimum absolute atomic E-state index is 0.217. The lowest BCUT2D eigenvalue weighted by Crippen LogP contribution is -3.05. The molecule has 0 amide bonds. The minimum Gasteiger partial charge on any atom is -0.339 e. The predicted octanol–water partition coefficient (Wildman–Crippen LogP) is 1.55. The van der Waals surface area contributed by atoms with Gasteiger partial charge in [-0.1, -0.05) is 18.2 Å². The summed E-state index contributed by atoms with van der Waals surface area (Å²) in [6.45, 7) is 2.58. The molecule has 6 aliphatic rings. The van der Waals surface area contributed by atoms with E-state index in [4.69, 9.17) is 0 Å². The molecule has 0 unspecified atom stereocenters. The normalized spacial score (nSPS) is 43.2. The van der Waals surface area contributed by atoms with Crippen LogP contribution in [-0.2, 0) is 6.54 Å². The number of aromatic amines is 1. The maximum atomic E-state index is 13.5. The Morgan fingerprint density at radius 1 is 1.07 bits per heavy atom. The summed E-state index contributed by atoms with van der Waals surface area (Å²) in [5.74, 6) is 6.26. The van der Waals surface area contributed by atoms with Gasteiger partial charge < -0.3 is 4.98 Å². The number of nitrogens with one attached hydrogen (secondary N) is 1. The highest BCUT2D eigenvalue weighted by Crippen LogP contribution is 3.06. The van der Waals surface area contributed by atoms with Crippen LogP contribution in [0.3, 0.4) is 0 Å². The Labute approximate surface area is 153 Å². The van der Waals surface area contributed by atoms with Gasteiger partial charge in [-0.3, -0.25) is 9.36 Å². The molecular formula is C21H18N4O2. The highest BCUT2D eigenvalue weighted by molar-refractivity contribution is 5.71. The van der Waals surface area contributed by atoms with Gasteiger partial charge in [0.25, 0.3) is 5.56 Å². The smallest absolute Gasteiger partial charge is 0.337 e.